The Hall–Kier alpha value is -0.860. The Labute approximate surface area is 79.9 Å². The number of Topliss-reactive ketones (excluding diaryl/α,β-unsaturated/α-hetero) is 1. The predicted octanol–water partition coefficient (Wildman–Crippen LogP) is 1.52. The van der Waals surface area contributed by atoms with Gasteiger partial charge in [0.1, 0.15) is 0 Å². The van der Waals surface area contributed by atoms with Crippen LogP contribution in [0.5, 0.6) is 0 Å². The van der Waals surface area contributed by atoms with E-state index in [1.807, 2.05) is 27.7 Å². The highest BCUT2D eigenvalue weighted by molar-refractivity contribution is 5.88. The van der Waals surface area contributed by atoms with Crippen LogP contribution in [0.2, 0.25) is 0 Å². The number of hydrogen-bond donors (Lipinski definition) is 1. The van der Waals surface area contributed by atoms with Crippen molar-refractivity contribution in [3.8, 4) is 0 Å². The van der Waals surface area contributed by atoms with Crippen LogP contribution >= 0.6 is 0 Å². The molecule has 0 aromatic heterocycles. The van der Waals surface area contributed by atoms with E-state index in [0.717, 1.165) is 0 Å². The van der Waals surface area contributed by atoms with Gasteiger partial charge in [0, 0.05) is 13.3 Å². The minimum atomic E-state index is -0.366. The van der Waals surface area contributed by atoms with Crippen molar-refractivity contribution in [3.63, 3.8) is 0 Å². The van der Waals surface area contributed by atoms with E-state index in [0.29, 0.717) is 6.42 Å². The van der Waals surface area contributed by atoms with E-state index < -0.39 is 0 Å². The first-order chi connectivity index (χ1) is 5.79. The second-order valence-electron chi connectivity index (χ2n) is 4.32. The van der Waals surface area contributed by atoms with Crippen molar-refractivity contribution in [3.05, 3.63) is 0 Å². The van der Waals surface area contributed by atoms with Gasteiger partial charge in [-0.05, 0) is 5.41 Å². The van der Waals surface area contributed by atoms with Gasteiger partial charge in [-0.1, -0.05) is 27.7 Å². The fourth-order valence-corrected chi connectivity index (χ4v) is 1.19. The van der Waals surface area contributed by atoms with Crippen molar-refractivity contribution in [2.24, 2.45) is 5.41 Å². The second-order valence-corrected chi connectivity index (χ2v) is 4.32. The van der Waals surface area contributed by atoms with Gasteiger partial charge in [-0.25, -0.2) is 0 Å². The summed E-state index contributed by atoms with van der Waals surface area (Å²) in [6.07, 6.45) is 0.461. The topological polar surface area (TPSA) is 46.2 Å². The maximum atomic E-state index is 11.5. The van der Waals surface area contributed by atoms with Crippen LogP contribution in [0.1, 0.15) is 41.0 Å². The summed E-state index contributed by atoms with van der Waals surface area (Å²) < 4.78 is 0. The van der Waals surface area contributed by atoms with Gasteiger partial charge in [0.15, 0.2) is 5.78 Å². The number of carbonyl (C=O) groups is 2. The number of carbonyl (C=O) groups excluding carboxylic acids is 2. The molecule has 0 aliphatic rings. The smallest absolute Gasteiger partial charge is 0.217 e. The van der Waals surface area contributed by atoms with Crippen LogP contribution in [0.3, 0.4) is 0 Å². The lowest BCUT2D eigenvalue weighted by atomic mass is 9.83. The molecule has 0 heterocycles. The molecule has 0 bridgehead atoms. The molecule has 3 heteroatoms. The molecule has 3 nitrogen and oxygen atoms in total. The van der Waals surface area contributed by atoms with Gasteiger partial charge in [0.2, 0.25) is 5.91 Å². The molecule has 0 spiro atoms. The Bertz CT molecular complexity index is 203. The summed E-state index contributed by atoms with van der Waals surface area (Å²) in [6, 6.07) is -0.366. The van der Waals surface area contributed by atoms with Gasteiger partial charge in [0.25, 0.3) is 0 Å². The lowest BCUT2D eigenvalue weighted by Crippen LogP contribution is -2.48. The molecule has 76 valence electrons. The minimum absolute atomic E-state index is 0.0858. The first kappa shape index (κ1) is 12.1. The third-order valence-corrected chi connectivity index (χ3v) is 1.88. The highest BCUT2D eigenvalue weighted by Gasteiger charge is 2.30. The summed E-state index contributed by atoms with van der Waals surface area (Å²) in [6.45, 7) is 9.08. The predicted molar refractivity (Wildman–Crippen MR) is 52.4 cm³/mol. The molecule has 1 atom stereocenters. The van der Waals surface area contributed by atoms with E-state index >= 15 is 0 Å². The molecule has 0 aliphatic heterocycles. The molecule has 0 fully saturated rings. The molecule has 13 heavy (non-hydrogen) atoms. The number of nitrogens with one attached hydrogen (secondary N) is 1. The fraction of sp³-hybridized carbons (Fsp3) is 0.800. The zero-order valence-corrected chi connectivity index (χ0v) is 9.10. The lowest BCUT2D eigenvalue weighted by Gasteiger charge is -2.29. The Kier molecular flexibility index (Phi) is 4.11. The Balaban J connectivity index is 4.56. The van der Waals surface area contributed by atoms with Crippen LogP contribution in [0, 0.1) is 5.41 Å². The van der Waals surface area contributed by atoms with Crippen LogP contribution in [0.15, 0.2) is 0 Å². The SMILES string of the molecule is CCC(=O)C(NC(C)=O)C(C)(C)C. The van der Waals surface area contributed by atoms with Crippen LogP contribution in [0.25, 0.3) is 0 Å². The standard InChI is InChI=1S/C10H19NO2/c1-6-8(13)9(10(3,4)5)11-7(2)12/h9H,6H2,1-5H3,(H,11,12). The van der Waals surface area contributed by atoms with E-state index in [1.54, 1.807) is 0 Å². The summed E-state index contributed by atoms with van der Waals surface area (Å²) in [5, 5.41) is 2.68. The van der Waals surface area contributed by atoms with Gasteiger partial charge < -0.3 is 5.32 Å². The molecule has 0 saturated heterocycles. The zero-order chi connectivity index (χ0) is 10.6. The van der Waals surface area contributed by atoms with Gasteiger partial charge >= 0.3 is 0 Å². The Morgan fingerprint density at radius 1 is 1.31 bits per heavy atom. The molecular formula is C10H19NO2. The third kappa shape index (κ3) is 4.06. The van der Waals surface area contributed by atoms with Gasteiger partial charge in [-0.15, -0.1) is 0 Å². The monoisotopic (exact) mass is 185 g/mol. The van der Waals surface area contributed by atoms with Crippen molar-refractivity contribution in [2.75, 3.05) is 0 Å². The molecule has 0 aliphatic carbocycles. The van der Waals surface area contributed by atoms with Crippen molar-refractivity contribution in [1.29, 1.82) is 0 Å². The molecule has 0 rings (SSSR count). The molecule has 1 unspecified atom stereocenters. The van der Waals surface area contributed by atoms with Crippen molar-refractivity contribution < 1.29 is 9.59 Å². The summed E-state index contributed by atoms with van der Waals surface area (Å²) in [5.74, 6) is -0.0653. The number of rotatable bonds is 3. The molecular weight excluding hydrogens is 166 g/mol. The summed E-state index contributed by atoms with van der Waals surface area (Å²) in [4.78, 5) is 22.3. The largest absolute Gasteiger partial charge is 0.346 e. The highest BCUT2D eigenvalue weighted by Crippen LogP contribution is 2.20. The molecule has 0 radical (unpaired) electrons. The third-order valence-electron chi connectivity index (χ3n) is 1.88. The average molecular weight is 185 g/mol. The van der Waals surface area contributed by atoms with Gasteiger partial charge in [-0.2, -0.15) is 0 Å². The van der Waals surface area contributed by atoms with E-state index in [-0.39, 0.29) is 23.1 Å². The summed E-state index contributed by atoms with van der Waals surface area (Å²) >= 11 is 0. The summed E-state index contributed by atoms with van der Waals surface area (Å²) in [5.41, 5.74) is -0.210. The lowest BCUT2D eigenvalue weighted by molar-refractivity contribution is -0.129. The summed E-state index contributed by atoms with van der Waals surface area (Å²) in [7, 11) is 0. The second kappa shape index (κ2) is 4.40. The minimum Gasteiger partial charge on any atom is -0.346 e. The van der Waals surface area contributed by atoms with E-state index in [2.05, 4.69) is 5.32 Å². The number of hydrogen-bond acceptors (Lipinski definition) is 2. The maximum Gasteiger partial charge on any atom is 0.217 e. The van der Waals surface area contributed by atoms with Gasteiger partial charge in [0.05, 0.1) is 6.04 Å². The van der Waals surface area contributed by atoms with Crippen LogP contribution in [-0.2, 0) is 9.59 Å². The number of amides is 1. The average Bonchev–Trinajstić information content (AvgIpc) is 1.96. The van der Waals surface area contributed by atoms with Crippen molar-refractivity contribution in [2.45, 2.75) is 47.1 Å². The molecule has 1 N–H and O–H groups in total. The van der Waals surface area contributed by atoms with E-state index in [9.17, 15) is 9.59 Å². The Morgan fingerprint density at radius 3 is 2.00 bits per heavy atom. The zero-order valence-electron chi connectivity index (χ0n) is 9.10. The van der Waals surface area contributed by atoms with Crippen LogP contribution in [-0.4, -0.2) is 17.7 Å². The molecule has 0 aromatic carbocycles. The van der Waals surface area contributed by atoms with E-state index in [4.69, 9.17) is 0 Å². The quantitative estimate of drug-likeness (QED) is 0.724. The molecule has 0 saturated carbocycles. The molecule has 0 aromatic rings. The highest BCUT2D eigenvalue weighted by atomic mass is 16.2. The van der Waals surface area contributed by atoms with Crippen LogP contribution < -0.4 is 5.32 Å². The number of ketones is 1. The van der Waals surface area contributed by atoms with Crippen LogP contribution in [0.4, 0.5) is 0 Å². The maximum absolute atomic E-state index is 11.5. The fourth-order valence-electron chi connectivity index (χ4n) is 1.19. The van der Waals surface area contributed by atoms with Crippen molar-refractivity contribution >= 4 is 11.7 Å². The molecule has 1 amide bonds. The normalized spacial score (nSPS) is 13.6. The van der Waals surface area contributed by atoms with Crippen molar-refractivity contribution in [1.82, 2.24) is 5.32 Å². The van der Waals surface area contributed by atoms with Gasteiger partial charge in [-0.3, -0.25) is 9.59 Å². The van der Waals surface area contributed by atoms with E-state index in [1.165, 1.54) is 6.92 Å². The first-order valence-corrected chi connectivity index (χ1v) is 4.58. The Morgan fingerprint density at radius 2 is 1.77 bits per heavy atom. The first-order valence-electron chi connectivity index (χ1n) is 4.58.